The van der Waals surface area contributed by atoms with Gasteiger partial charge in [0.05, 0.1) is 23.5 Å². The summed E-state index contributed by atoms with van der Waals surface area (Å²) in [6.45, 7) is 3.62. The van der Waals surface area contributed by atoms with E-state index in [1.165, 1.54) is 32.9 Å². The van der Waals surface area contributed by atoms with Crippen molar-refractivity contribution < 1.29 is 33.0 Å². The van der Waals surface area contributed by atoms with E-state index in [0.717, 1.165) is 6.07 Å². The van der Waals surface area contributed by atoms with Crippen molar-refractivity contribution in [3.8, 4) is 17.0 Å². The van der Waals surface area contributed by atoms with Gasteiger partial charge in [-0.05, 0) is 32.0 Å². The van der Waals surface area contributed by atoms with E-state index >= 15 is 0 Å². The normalized spacial score (nSPS) is 22.6. The van der Waals surface area contributed by atoms with E-state index < -0.39 is 41.2 Å². The molecule has 0 unspecified atom stereocenters. The molecule has 204 valence electrons. The number of urea groups is 1. The van der Waals surface area contributed by atoms with E-state index in [2.05, 4.69) is 15.5 Å². The first-order chi connectivity index (χ1) is 17.9. The molecule has 1 aromatic heterocycles. The molecule has 3 N–H and O–H groups in total. The molecule has 38 heavy (non-hydrogen) atoms. The molecule has 2 fully saturated rings. The predicted molar refractivity (Wildman–Crippen MR) is 131 cm³/mol. The predicted octanol–water partition coefficient (Wildman–Crippen LogP) is 2.73. The second kappa shape index (κ2) is 9.10. The summed E-state index contributed by atoms with van der Waals surface area (Å²) >= 11 is 0. The highest BCUT2D eigenvalue weighted by molar-refractivity contribution is 5.80. The number of hydrogen-bond donors (Lipinski definition) is 3. The number of aromatic nitrogens is 2. The number of aromatic hydroxyl groups is 1. The van der Waals surface area contributed by atoms with Crippen molar-refractivity contribution >= 4 is 23.6 Å². The lowest BCUT2D eigenvalue weighted by Gasteiger charge is -2.55. The highest BCUT2D eigenvalue weighted by Crippen LogP contribution is 2.42. The topological polar surface area (TPSA) is 125 Å². The zero-order chi connectivity index (χ0) is 27.4. The number of alkyl halides is 2. The SMILES string of the molecule is CC1(C)CN(C(=O)O)CCN1C(=O)N1CCN2c3cc(-c4cccc(F)c4O)nnc3NC[C@@]2(C(F)F)C1. The second-order valence-corrected chi connectivity index (χ2v) is 10.4. The number of nitrogens with zero attached hydrogens (tertiary/aromatic N) is 6. The third-order valence-electron chi connectivity index (χ3n) is 7.57. The number of phenolic OH excluding ortho intramolecular Hbond substituents is 1. The lowest BCUT2D eigenvalue weighted by molar-refractivity contribution is 0.00228. The van der Waals surface area contributed by atoms with Crippen LogP contribution in [0.2, 0.25) is 0 Å². The van der Waals surface area contributed by atoms with Gasteiger partial charge in [-0.3, -0.25) is 0 Å². The minimum absolute atomic E-state index is 0.0700. The van der Waals surface area contributed by atoms with Gasteiger partial charge in [-0.1, -0.05) is 6.07 Å². The number of anilines is 2. The van der Waals surface area contributed by atoms with E-state index in [1.54, 1.807) is 18.7 Å². The Morgan fingerprint density at radius 1 is 1.08 bits per heavy atom. The average molecular weight is 536 g/mol. The highest BCUT2D eigenvalue weighted by Gasteiger charge is 2.54. The molecule has 0 spiro atoms. The number of carbonyl (C=O) groups is 2. The molecule has 3 aliphatic heterocycles. The number of benzene rings is 1. The van der Waals surface area contributed by atoms with Crippen LogP contribution in [0.15, 0.2) is 24.3 Å². The minimum Gasteiger partial charge on any atom is -0.504 e. The van der Waals surface area contributed by atoms with Crippen LogP contribution in [-0.4, -0.2) is 111 Å². The number of carboxylic acid groups (broad SMARTS) is 1. The van der Waals surface area contributed by atoms with E-state index in [0.29, 0.717) is 5.69 Å². The molecule has 3 amide bonds. The molecule has 0 radical (unpaired) electrons. The van der Waals surface area contributed by atoms with Gasteiger partial charge in [0.15, 0.2) is 17.4 Å². The third kappa shape index (κ3) is 4.07. The van der Waals surface area contributed by atoms with E-state index in [1.807, 2.05) is 0 Å². The summed E-state index contributed by atoms with van der Waals surface area (Å²) in [5.41, 5.74) is -2.10. The van der Waals surface area contributed by atoms with Crippen LogP contribution in [0.4, 0.5) is 34.3 Å². The Bertz CT molecular complexity index is 1280. The number of carbonyl (C=O) groups excluding carboxylic acids is 1. The van der Waals surface area contributed by atoms with Gasteiger partial charge in [-0.25, -0.2) is 22.8 Å². The van der Waals surface area contributed by atoms with Crippen LogP contribution in [0, 0.1) is 5.82 Å². The lowest BCUT2D eigenvalue weighted by atomic mass is 9.90. The van der Waals surface area contributed by atoms with Crippen molar-refractivity contribution in [2.75, 3.05) is 56.0 Å². The molecule has 2 aromatic rings. The minimum atomic E-state index is -2.85. The van der Waals surface area contributed by atoms with Gasteiger partial charge in [0.1, 0.15) is 5.54 Å². The smallest absolute Gasteiger partial charge is 0.407 e. The monoisotopic (exact) mass is 535 g/mol. The first-order valence-electron chi connectivity index (χ1n) is 12.1. The molecule has 2 saturated heterocycles. The number of phenols is 1. The molecule has 3 aliphatic rings. The first-order valence-corrected chi connectivity index (χ1v) is 12.1. The third-order valence-corrected chi connectivity index (χ3v) is 7.57. The molecule has 0 bridgehead atoms. The molecule has 4 heterocycles. The van der Waals surface area contributed by atoms with Gasteiger partial charge in [-0.2, -0.15) is 0 Å². The van der Waals surface area contributed by atoms with E-state index in [4.69, 9.17) is 0 Å². The zero-order valence-corrected chi connectivity index (χ0v) is 20.9. The number of fused-ring (bicyclic) bond motifs is 3. The number of hydrogen-bond acceptors (Lipinski definition) is 7. The molecular weight excluding hydrogens is 507 g/mol. The quantitative estimate of drug-likeness (QED) is 0.536. The average Bonchev–Trinajstić information content (AvgIpc) is 2.88. The van der Waals surface area contributed by atoms with Crippen molar-refractivity contribution in [3.05, 3.63) is 30.1 Å². The van der Waals surface area contributed by atoms with Crippen molar-refractivity contribution in [2.24, 2.45) is 0 Å². The van der Waals surface area contributed by atoms with Crippen LogP contribution >= 0.6 is 0 Å². The van der Waals surface area contributed by atoms with Crippen LogP contribution in [0.25, 0.3) is 11.3 Å². The van der Waals surface area contributed by atoms with Gasteiger partial charge >= 0.3 is 12.1 Å². The number of halogens is 3. The van der Waals surface area contributed by atoms with Crippen molar-refractivity contribution in [3.63, 3.8) is 0 Å². The van der Waals surface area contributed by atoms with Crippen LogP contribution in [-0.2, 0) is 0 Å². The van der Waals surface area contributed by atoms with Crippen LogP contribution in [0.1, 0.15) is 13.8 Å². The van der Waals surface area contributed by atoms with Gasteiger partial charge in [0.25, 0.3) is 6.43 Å². The molecule has 0 saturated carbocycles. The Balaban J connectivity index is 1.44. The number of piperazine rings is 2. The molecule has 1 aromatic carbocycles. The van der Waals surface area contributed by atoms with Gasteiger partial charge in [-0.15, -0.1) is 10.2 Å². The van der Waals surface area contributed by atoms with Gasteiger partial charge < -0.3 is 35.1 Å². The number of nitrogens with one attached hydrogen (secondary N) is 1. The molecule has 5 rings (SSSR count). The first kappa shape index (κ1) is 25.7. The fourth-order valence-corrected chi connectivity index (χ4v) is 5.52. The van der Waals surface area contributed by atoms with Gasteiger partial charge in [0, 0.05) is 44.8 Å². The summed E-state index contributed by atoms with van der Waals surface area (Å²) in [6, 6.07) is 4.99. The van der Waals surface area contributed by atoms with Crippen LogP contribution < -0.4 is 10.2 Å². The molecule has 11 nitrogen and oxygen atoms in total. The Morgan fingerprint density at radius 2 is 1.82 bits per heavy atom. The summed E-state index contributed by atoms with van der Waals surface area (Å²) in [6.07, 6.45) is -3.92. The Kier molecular flexibility index (Phi) is 6.15. The zero-order valence-electron chi connectivity index (χ0n) is 20.9. The summed E-state index contributed by atoms with van der Waals surface area (Å²) in [7, 11) is 0. The van der Waals surface area contributed by atoms with Crippen LogP contribution in [0.5, 0.6) is 5.75 Å². The maximum Gasteiger partial charge on any atom is 0.407 e. The molecular formula is C24H28F3N7O4. The standard InChI is InChI=1S/C24H28F3N7O4/c1-23(2)12-32(22(37)38)7-9-34(23)21(36)31-6-8-33-17-10-16(14-4-3-5-15(25)18(14)35)29-30-19(17)28-11-24(33,13-31)20(26)27/h3-5,10,20,35H,6-9,11-13H2,1-2H3,(H,28,30)(H,37,38)/t24-/m0/s1. The number of amides is 3. The Hall–Kier alpha value is -3.97. The maximum atomic E-state index is 14.8. The maximum absolute atomic E-state index is 14.8. The number of rotatable bonds is 2. The van der Waals surface area contributed by atoms with Crippen LogP contribution in [0.3, 0.4) is 0 Å². The Labute approximate surface area is 216 Å². The van der Waals surface area contributed by atoms with Crippen molar-refractivity contribution in [2.45, 2.75) is 31.4 Å². The number of para-hydroxylation sites is 1. The summed E-state index contributed by atoms with van der Waals surface area (Å²) in [5, 5.41) is 30.5. The fraction of sp³-hybridized carbons (Fsp3) is 0.500. The molecule has 14 heteroatoms. The largest absolute Gasteiger partial charge is 0.504 e. The summed E-state index contributed by atoms with van der Waals surface area (Å²) in [4.78, 5) is 30.7. The van der Waals surface area contributed by atoms with Crippen molar-refractivity contribution in [1.29, 1.82) is 0 Å². The van der Waals surface area contributed by atoms with E-state index in [-0.39, 0.29) is 62.9 Å². The summed E-state index contributed by atoms with van der Waals surface area (Å²) < 4.78 is 43.6. The Morgan fingerprint density at radius 3 is 2.50 bits per heavy atom. The van der Waals surface area contributed by atoms with Crippen molar-refractivity contribution in [1.82, 2.24) is 24.9 Å². The summed E-state index contributed by atoms with van der Waals surface area (Å²) in [5.74, 6) is -1.19. The lowest BCUT2D eigenvalue weighted by Crippen LogP contribution is -2.73. The molecule has 1 atom stereocenters. The van der Waals surface area contributed by atoms with E-state index in [9.17, 15) is 33.0 Å². The second-order valence-electron chi connectivity index (χ2n) is 10.4. The molecule has 0 aliphatic carbocycles. The van der Waals surface area contributed by atoms with Gasteiger partial charge in [0.2, 0.25) is 0 Å². The fourth-order valence-electron chi connectivity index (χ4n) is 5.52. The highest BCUT2D eigenvalue weighted by atomic mass is 19.3.